The molecule has 0 bridgehead atoms. The molecule has 1 aromatic rings. The fourth-order valence-corrected chi connectivity index (χ4v) is 3.50. The molecule has 0 fully saturated rings. The second-order valence-electron chi connectivity index (χ2n) is 5.12. The number of amides is 1. The fourth-order valence-electron chi connectivity index (χ4n) is 2.71. The van der Waals surface area contributed by atoms with Gasteiger partial charge in [0.05, 0.1) is 10.6 Å². The minimum atomic E-state index is -1.88. The van der Waals surface area contributed by atoms with E-state index in [1.807, 2.05) is 0 Å². The average Bonchev–Trinajstić information content (AvgIpc) is 2.90. The lowest BCUT2D eigenvalue weighted by molar-refractivity contribution is -0.133. The van der Waals surface area contributed by atoms with Gasteiger partial charge >= 0.3 is 0 Å². The van der Waals surface area contributed by atoms with Crippen LogP contribution in [0, 0.1) is 6.92 Å². The number of rotatable bonds is 2. The van der Waals surface area contributed by atoms with Crippen molar-refractivity contribution in [1.29, 1.82) is 0 Å². The monoisotopic (exact) mass is 373 g/mol. The van der Waals surface area contributed by atoms with Crippen LogP contribution in [-0.2, 0) is 4.79 Å². The molecule has 8 heteroatoms. The minimum Gasteiger partial charge on any atom is -0.506 e. The van der Waals surface area contributed by atoms with Crippen molar-refractivity contribution in [3.05, 3.63) is 44.9 Å². The van der Waals surface area contributed by atoms with Gasteiger partial charge in [0.25, 0.3) is 11.6 Å². The number of ether oxygens (including phenoxy) is 1. The molecule has 0 aromatic heterocycles. The lowest BCUT2D eigenvalue weighted by Crippen LogP contribution is -2.55. The largest absolute Gasteiger partial charge is 0.506 e. The number of fused-ring (bicyclic) bond motifs is 1. The Morgan fingerprint density at radius 1 is 1.39 bits per heavy atom. The maximum atomic E-state index is 13.0. The third kappa shape index (κ3) is 1.87. The van der Waals surface area contributed by atoms with Gasteiger partial charge in [-0.25, -0.2) is 0 Å². The fraction of sp³-hybridized carbons (Fsp3) is 0.200. The van der Waals surface area contributed by atoms with Crippen LogP contribution in [-0.4, -0.2) is 34.0 Å². The van der Waals surface area contributed by atoms with Crippen LogP contribution >= 0.6 is 34.8 Å². The summed E-state index contributed by atoms with van der Waals surface area (Å²) in [6.45, 7) is 5.10. The Balaban J connectivity index is 2.25. The van der Waals surface area contributed by atoms with Crippen molar-refractivity contribution in [2.75, 3.05) is 6.54 Å². The molecule has 1 unspecified atom stereocenters. The first-order valence-corrected chi connectivity index (χ1v) is 7.65. The number of hydrogen-bond acceptors (Lipinski definition) is 4. The minimum absolute atomic E-state index is 0.000966. The first-order valence-electron chi connectivity index (χ1n) is 6.51. The highest BCUT2D eigenvalue weighted by Crippen LogP contribution is 2.52. The molecule has 1 N–H and O–H groups in total. The SMILES string of the molecule is C=CCN1C(=O)C(Cl)=C(Cl)C12Oc1c(cc(Cl)c(O)c1C)C2=O. The summed E-state index contributed by atoms with van der Waals surface area (Å²) in [7, 11) is 0. The molecular formula is C15H10Cl3NO4. The molecule has 2 aliphatic rings. The number of halogens is 3. The highest BCUT2D eigenvalue weighted by Gasteiger charge is 2.62. The summed E-state index contributed by atoms with van der Waals surface area (Å²) in [5.41, 5.74) is -1.48. The van der Waals surface area contributed by atoms with Crippen LogP contribution in [0.2, 0.25) is 5.02 Å². The number of hydrogen-bond donors (Lipinski definition) is 1. The van der Waals surface area contributed by atoms with Crippen molar-refractivity contribution in [3.63, 3.8) is 0 Å². The number of carbonyl (C=O) groups excluding carboxylic acids is 2. The van der Waals surface area contributed by atoms with Gasteiger partial charge in [-0.05, 0) is 13.0 Å². The van der Waals surface area contributed by atoms with Crippen LogP contribution in [0.4, 0.5) is 0 Å². The predicted octanol–water partition coefficient (Wildman–Crippen LogP) is 3.34. The lowest BCUT2D eigenvalue weighted by atomic mass is 10.0. The zero-order valence-corrected chi connectivity index (χ0v) is 14.1. The summed E-state index contributed by atoms with van der Waals surface area (Å²) in [6.07, 6.45) is 1.43. The number of ketones is 1. The van der Waals surface area contributed by atoms with Gasteiger partial charge in [0.15, 0.2) is 0 Å². The Bertz CT molecular complexity index is 817. The molecule has 0 saturated carbocycles. The van der Waals surface area contributed by atoms with Gasteiger partial charge in [0.2, 0.25) is 5.78 Å². The second-order valence-corrected chi connectivity index (χ2v) is 6.28. The first kappa shape index (κ1) is 16.2. The van der Waals surface area contributed by atoms with Crippen LogP contribution in [0.3, 0.4) is 0 Å². The van der Waals surface area contributed by atoms with Gasteiger partial charge in [0, 0.05) is 12.1 Å². The van der Waals surface area contributed by atoms with E-state index in [2.05, 4.69) is 6.58 Å². The topological polar surface area (TPSA) is 66.8 Å². The van der Waals surface area contributed by atoms with Gasteiger partial charge in [-0.2, -0.15) is 0 Å². The number of phenolic OH excluding ortho intramolecular Hbond substituents is 1. The maximum absolute atomic E-state index is 13.0. The summed E-state index contributed by atoms with van der Waals surface area (Å²) in [4.78, 5) is 26.3. The summed E-state index contributed by atoms with van der Waals surface area (Å²) in [5.74, 6) is -1.30. The third-order valence-corrected chi connectivity index (χ3v) is 5.04. The maximum Gasteiger partial charge on any atom is 0.288 e. The van der Waals surface area contributed by atoms with Crippen LogP contribution < -0.4 is 4.74 Å². The third-order valence-electron chi connectivity index (χ3n) is 3.85. The van der Waals surface area contributed by atoms with Crippen LogP contribution in [0.15, 0.2) is 28.8 Å². The van der Waals surface area contributed by atoms with E-state index in [1.54, 1.807) is 6.92 Å². The number of carbonyl (C=O) groups is 2. The van der Waals surface area contributed by atoms with Crippen molar-refractivity contribution in [2.24, 2.45) is 0 Å². The highest BCUT2D eigenvalue weighted by atomic mass is 35.5. The van der Waals surface area contributed by atoms with E-state index in [4.69, 9.17) is 39.5 Å². The number of benzene rings is 1. The Hall–Kier alpha value is -1.69. The van der Waals surface area contributed by atoms with E-state index in [1.165, 1.54) is 12.1 Å². The average molecular weight is 375 g/mol. The molecule has 1 spiro atoms. The number of aromatic hydroxyl groups is 1. The molecule has 1 atom stereocenters. The predicted molar refractivity (Wildman–Crippen MR) is 86.2 cm³/mol. The normalized spacial score (nSPS) is 22.9. The Kier molecular flexibility index (Phi) is 3.63. The molecule has 0 radical (unpaired) electrons. The molecule has 2 aliphatic heterocycles. The van der Waals surface area contributed by atoms with Crippen LogP contribution in [0.25, 0.3) is 0 Å². The summed E-state index contributed by atoms with van der Waals surface area (Å²) in [5, 5.41) is 9.43. The molecule has 3 rings (SSSR count). The van der Waals surface area contributed by atoms with E-state index in [0.717, 1.165) is 4.90 Å². The van der Waals surface area contributed by atoms with E-state index in [9.17, 15) is 14.7 Å². The molecule has 5 nitrogen and oxygen atoms in total. The van der Waals surface area contributed by atoms with E-state index >= 15 is 0 Å². The quantitative estimate of drug-likeness (QED) is 0.806. The molecular weight excluding hydrogens is 365 g/mol. The van der Waals surface area contributed by atoms with Crippen molar-refractivity contribution < 1.29 is 19.4 Å². The Labute approximate surface area is 146 Å². The van der Waals surface area contributed by atoms with Gasteiger partial charge in [-0.15, -0.1) is 6.58 Å². The zero-order valence-electron chi connectivity index (χ0n) is 11.8. The molecule has 23 heavy (non-hydrogen) atoms. The number of nitrogens with zero attached hydrogens (tertiary/aromatic N) is 1. The summed E-state index contributed by atoms with van der Waals surface area (Å²) < 4.78 is 5.77. The van der Waals surface area contributed by atoms with E-state index in [-0.39, 0.29) is 44.3 Å². The lowest BCUT2D eigenvalue weighted by Gasteiger charge is -2.32. The highest BCUT2D eigenvalue weighted by molar-refractivity contribution is 6.51. The van der Waals surface area contributed by atoms with Gasteiger partial charge in [-0.1, -0.05) is 40.9 Å². The van der Waals surface area contributed by atoms with E-state index < -0.39 is 17.4 Å². The number of phenols is 1. The van der Waals surface area contributed by atoms with Crippen LogP contribution in [0.5, 0.6) is 11.5 Å². The molecule has 1 amide bonds. The Morgan fingerprint density at radius 2 is 2.04 bits per heavy atom. The van der Waals surface area contributed by atoms with Crippen molar-refractivity contribution in [2.45, 2.75) is 12.6 Å². The molecule has 0 aliphatic carbocycles. The zero-order chi connectivity index (χ0) is 17.1. The standard InChI is InChI=1S/C15H10Cl3NO4/c1-3-4-19-14(22)9(17)12(18)15(19)13(21)7-5-8(16)10(20)6(2)11(7)23-15/h3,5,20H,1,4H2,2H3. The van der Waals surface area contributed by atoms with Gasteiger partial charge in [-0.3, -0.25) is 14.5 Å². The molecule has 120 valence electrons. The van der Waals surface area contributed by atoms with E-state index in [0.29, 0.717) is 0 Å². The van der Waals surface area contributed by atoms with Crippen molar-refractivity contribution in [1.82, 2.24) is 4.90 Å². The van der Waals surface area contributed by atoms with Gasteiger partial charge < -0.3 is 9.84 Å². The molecule has 2 heterocycles. The Morgan fingerprint density at radius 3 is 2.65 bits per heavy atom. The van der Waals surface area contributed by atoms with Crippen molar-refractivity contribution >= 4 is 46.5 Å². The summed E-state index contributed by atoms with van der Waals surface area (Å²) >= 11 is 18.0. The second kappa shape index (κ2) is 5.16. The molecule has 0 saturated heterocycles. The summed E-state index contributed by atoms with van der Waals surface area (Å²) in [6, 6.07) is 1.28. The first-order chi connectivity index (χ1) is 10.8. The van der Waals surface area contributed by atoms with Crippen LogP contribution in [0.1, 0.15) is 15.9 Å². The van der Waals surface area contributed by atoms with Gasteiger partial charge in [0.1, 0.15) is 21.6 Å². The van der Waals surface area contributed by atoms with Crippen molar-refractivity contribution in [3.8, 4) is 11.5 Å². The smallest absolute Gasteiger partial charge is 0.288 e. The number of Topliss-reactive ketones (excluding diaryl/α,β-unsaturated/α-hetero) is 1. The molecule has 1 aromatic carbocycles.